The van der Waals surface area contributed by atoms with Crippen LogP contribution < -0.4 is 5.73 Å². The van der Waals surface area contributed by atoms with E-state index in [1.54, 1.807) is 0 Å². The van der Waals surface area contributed by atoms with E-state index < -0.39 is 30.2 Å². The van der Waals surface area contributed by atoms with Gasteiger partial charge < -0.3 is 10.9 Å². The molecule has 0 fully saturated rings. The van der Waals surface area contributed by atoms with Gasteiger partial charge in [-0.3, -0.25) is 0 Å². The Balaban J connectivity index is 2.82. The summed E-state index contributed by atoms with van der Waals surface area (Å²) >= 11 is 5.88. The van der Waals surface area contributed by atoms with Crippen molar-refractivity contribution in [2.75, 3.05) is 5.73 Å². The number of nitrogens with two attached hydrogens (primary N) is 1. The summed E-state index contributed by atoms with van der Waals surface area (Å²) in [5, 5.41) is 12.7. The minimum Gasteiger partial charge on any atom is -0.410 e. The van der Waals surface area contributed by atoms with Crippen molar-refractivity contribution in [1.29, 1.82) is 0 Å². The Morgan fingerprint density at radius 1 is 1.29 bits per heavy atom. The molecule has 0 aliphatic heterocycles. The first-order chi connectivity index (χ1) is 10.3. The molecule has 0 radical (unpaired) electrons. The predicted molar refractivity (Wildman–Crippen MR) is 69.7 cm³/mol. The molecule has 0 bridgehead atoms. The highest BCUT2D eigenvalue weighted by atomic mass is 35.5. The SMILES string of the molecule is [2H]c1c([2H])c([2H])c(/C(=N/O)c2cc(Cl)ccc2N)c([2H])c1[2H]. The fourth-order valence-corrected chi connectivity index (χ4v) is 1.51. The van der Waals surface area contributed by atoms with Crippen LogP contribution >= 0.6 is 11.6 Å². The van der Waals surface area contributed by atoms with Crippen LogP contribution in [0.3, 0.4) is 0 Å². The quantitative estimate of drug-likeness (QED) is 0.373. The number of nitrogen functional groups attached to an aromatic ring is 1. The van der Waals surface area contributed by atoms with Gasteiger partial charge in [0.05, 0.1) is 6.85 Å². The van der Waals surface area contributed by atoms with Gasteiger partial charge in [0.1, 0.15) is 5.71 Å². The van der Waals surface area contributed by atoms with Crippen LogP contribution in [0.2, 0.25) is 5.02 Å². The summed E-state index contributed by atoms with van der Waals surface area (Å²) in [5.74, 6) is 0. The molecule has 0 heterocycles. The Morgan fingerprint density at radius 2 is 2.00 bits per heavy atom. The molecule has 86 valence electrons. The molecule has 0 aliphatic carbocycles. The van der Waals surface area contributed by atoms with E-state index >= 15 is 0 Å². The van der Waals surface area contributed by atoms with Gasteiger partial charge in [0.25, 0.3) is 0 Å². The summed E-state index contributed by atoms with van der Waals surface area (Å²) in [6.45, 7) is 0. The minimum atomic E-state index is -0.532. The largest absolute Gasteiger partial charge is 0.410 e. The van der Waals surface area contributed by atoms with Crippen LogP contribution in [0.25, 0.3) is 0 Å². The Morgan fingerprint density at radius 3 is 2.65 bits per heavy atom. The van der Waals surface area contributed by atoms with Crippen molar-refractivity contribution in [2.24, 2.45) is 5.16 Å². The van der Waals surface area contributed by atoms with Crippen molar-refractivity contribution in [2.45, 2.75) is 0 Å². The lowest BCUT2D eigenvalue weighted by Gasteiger charge is -2.08. The molecule has 3 N–H and O–H groups in total. The monoisotopic (exact) mass is 251 g/mol. The molecule has 0 spiro atoms. The standard InChI is InChI=1S/C13H11ClN2O/c14-10-6-7-12(15)11(8-10)13(16-17)9-4-2-1-3-5-9/h1-8,17H,15H2/b16-13-/i1D,2D,3D,4D,5D. The molecule has 0 aromatic heterocycles. The van der Waals surface area contributed by atoms with E-state index in [4.69, 9.17) is 24.2 Å². The number of benzene rings is 2. The van der Waals surface area contributed by atoms with Crippen molar-refractivity contribution in [1.82, 2.24) is 0 Å². The average Bonchev–Trinajstić information content (AvgIpc) is 2.50. The molecule has 4 heteroatoms. The predicted octanol–water partition coefficient (Wildman–Crippen LogP) is 3.15. The summed E-state index contributed by atoms with van der Waals surface area (Å²) < 4.78 is 38.7. The molecule has 2 aromatic carbocycles. The first kappa shape index (κ1) is 6.67. The molecule has 0 atom stereocenters. The molecular formula is C13H11ClN2O. The summed E-state index contributed by atoms with van der Waals surface area (Å²) in [4.78, 5) is 0. The van der Waals surface area contributed by atoms with Crippen LogP contribution in [0.1, 0.15) is 18.0 Å². The number of halogens is 1. The van der Waals surface area contributed by atoms with Crippen LogP contribution in [-0.2, 0) is 0 Å². The number of hydrogen-bond donors (Lipinski definition) is 2. The molecule has 0 saturated heterocycles. The van der Waals surface area contributed by atoms with Gasteiger partial charge in [0, 0.05) is 21.8 Å². The van der Waals surface area contributed by atoms with Crippen LogP contribution in [0, 0.1) is 0 Å². The van der Waals surface area contributed by atoms with E-state index in [-0.39, 0.29) is 22.5 Å². The van der Waals surface area contributed by atoms with Gasteiger partial charge in [-0.25, -0.2) is 0 Å². The van der Waals surface area contributed by atoms with Gasteiger partial charge >= 0.3 is 0 Å². The summed E-state index contributed by atoms with van der Waals surface area (Å²) in [5.41, 5.74) is 5.69. The fourth-order valence-electron chi connectivity index (χ4n) is 1.34. The maximum absolute atomic E-state index is 9.30. The lowest BCUT2D eigenvalue weighted by Crippen LogP contribution is -2.06. The molecule has 0 saturated carbocycles. The molecule has 2 rings (SSSR count). The van der Waals surface area contributed by atoms with E-state index in [2.05, 4.69) is 5.16 Å². The highest BCUT2D eigenvalue weighted by Gasteiger charge is 2.11. The fraction of sp³-hybridized carbons (Fsp3) is 0. The number of hydrogen-bond acceptors (Lipinski definition) is 3. The lowest BCUT2D eigenvalue weighted by atomic mass is 10.0. The number of oxime groups is 1. The highest BCUT2D eigenvalue weighted by molar-refractivity contribution is 6.31. The second-order valence-electron chi connectivity index (χ2n) is 3.18. The molecule has 0 unspecified atom stereocenters. The first-order valence-corrected chi connectivity index (χ1v) is 5.02. The number of rotatable bonds is 2. The van der Waals surface area contributed by atoms with Crippen LogP contribution in [0.4, 0.5) is 5.69 Å². The van der Waals surface area contributed by atoms with Gasteiger partial charge in [-0.15, -0.1) is 0 Å². The zero-order valence-electron chi connectivity index (χ0n) is 13.6. The molecule has 2 aromatic rings. The molecular weight excluding hydrogens is 236 g/mol. The van der Waals surface area contributed by atoms with E-state index in [9.17, 15) is 5.21 Å². The zero-order chi connectivity index (χ0) is 16.6. The van der Waals surface area contributed by atoms with Gasteiger partial charge in [0.2, 0.25) is 0 Å². The zero-order valence-corrected chi connectivity index (χ0v) is 9.34. The van der Waals surface area contributed by atoms with E-state index in [1.807, 2.05) is 0 Å². The highest BCUT2D eigenvalue weighted by Crippen LogP contribution is 2.21. The lowest BCUT2D eigenvalue weighted by molar-refractivity contribution is 0.319. The van der Waals surface area contributed by atoms with Crippen LogP contribution in [0.5, 0.6) is 0 Å². The second-order valence-corrected chi connectivity index (χ2v) is 3.62. The third kappa shape index (κ3) is 2.40. The Bertz CT molecular complexity index is 765. The van der Waals surface area contributed by atoms with Gasteiger partial charge in [-0.05, 0) is 18.2 Å². The third-order valence-electron chi connectivity index (χ3n) is 2.11. The van der Waals surface area contributed by atoms with E-state index in [1.165, 1.54) is 18.2 Å². The van der Waals surface area contributed by atoms with Crippen molar-refractivity contribution in [3.63, 3.8) is 0 Å². The third-order valence-corrected chi connectivity index (χ3v) is 2.34. The maximum Gasteiger partial charge on any atom is 0.119 e. The average molecular weight is 252 g/mol. The Kier molecular flexibility index (Phi) is 1.92. The number of nitrogens with zero attached hydrogens (tertiary/aromatic N) is 1. The van der Waals surface area contributed by atoms with Crippen LogP contribution in [0.15, 0.2) is 53.6 Å². The summed E-state index contributed by atoms with van der Waals surface area (Å²) in [6, 6.07) is 1.82. The van der Waals surface area contributed by atoms with E-state index in [0.29, 0.717) is 5.02 Å². The maximum atomic E-state index is 9.30. The Labute approximate surface area is 111 Å². The summed E-state index contributed by atoms with van der Waals surface area (Å²) in [7, 11) is 0. The normalized spacial score (nSPS) is 15.6. The minimum absolute atomic E-state index is 0.175. The first-order valence-electron chi connectivity index (χ1n) is 7.14. The Hall–Kier alpha value is -2.00. The summed E-state index contributed by atoms with van der Waals surface area (Å²) in [6.07, 6.45) is 0. The van der Waals surface area contributed by atoms with E-state index in [0.717, 1.165) is 0 Å². The number of anilines is 1. The molecule has 17 heavy (non-hydrogen) atoms. The van der Waals surface area contributed by atoms with Crippen molar-refractivity contribution >= 4 is 23.0 Å². The van der Waals surface area contributed by atoms with Crippen LogP contribution in [-0.4, -0.2) is 10.9 Å². The van der Waals surface area contributed by atoms with Gasteiger partial charge in [0.15, 0.2) is 0 Å². The topological polar surface area (TPSA) is 58.6 Å². The molecule has 3 nitrogen and oxygen atoms in total. The van der Waals surface area contributed by atoms with Gasteiger partial charge in [-0.2, -0.15) is 0 Å². The van der Waals surface area contributed by atoms with Crippen molar-refractivity contribution < 1.29 is 12.1 Å². The smallest absolute Gasteiger partial charge is 0.119 e. The molecule has 0 amide bonds. The van der Waals surface area contributed by atoms with Crippen molar-refractivity contribution in [3.8, 4) is 0 Å². The van der Waals surface area contributed by atoms with Gasteiger partial charge in [-0.1, -0.05) is 47.0 Å². The molecule has 0 aliphatic rings. The van der Waals surface area contributed by atoms with Crippen molar-refractivity contribution in [3.05, 3.63) is 64.6 Å². The second kappa shape index (κ2) is 4.89.